The van der Waals surface area contributed by atoms with Gasteiger partial charge in [-0.05, 0) is 41.8 Å². The van der Waals surface area contributed by atoms with Gasteiger partial charge >= 0.3 is 0 Å². The molecule has 1 heterocycles. The molecule has 0 fully saturated rings. The second-order valence-electron chi connectivity index (χ2n) is 4.19. The molecular formula is C15H11ClO2S. The van der Waals surface area contributed by atoms with Crippen LogP contribution in [0.15, 0.2) is 47.8 Å². The highest BCUT2D eigenvalue weighted by molar-refractivity contribution is 7.17. The third-order valence-corrected chi connectivity index (χ3v) is 4.08. The molecule has 0 aliphatic heterocycles. The Labute approximate surface area is 119 Å². The van der Waals surface area contributed by atoms with Gasteiger partial charge in [0.2, 0.25) is 0 Å². The van der Waals surface area contributed by atoms with E-state index in [1.165, 1.54) is 0 Å². The van der Waals surface area contributed by atoms with E-state index in [0.29, 0.717) is 11.6 Å². The SMILES string of the molecule is Oc1ccc2scc(COc3cccc(Cl)c3)c2c1. The lowest BCUT2D eigenvalue weighted by atomic mass is 10.2. The minimum Gasteiger partial charge on any atom is -0.508 e. The lowest BCUT2D eigenvalue weighted by molar-refractivity contribution is 0.308. The number of hydrogen-bond acceptors (Lipinski definition) is 3. The van der Waals surface area contributed by atoms with Gasteiger partial charge in [0.25, 0.3) is 0 Å². The number of thiophene rings is 1. The number of aromatic hydroxyl groups is 1. The second kappa shape index (κ2) is 5.11. The van der Waals surface area contributed by atoms with E-state index in [1.54, 1.807) is 29.5 Å². The van der Waals surface area contributed by atoms with Crippen molar-refractivity contribution in [3.63, 3.8) is 0 Å². The van der Waals surface area contributed by atoms with Gasteiger partial charge in [0, 0.05) is 20.7 Å². The summed E-state index contributed by atoms with van der Waals surface area (Å²) in [5.74, 6) is 1.02. The van der Waals surface area contributed by atoms with Gasteiger partial charge in [-0.15, -0.1) is 11.3 Å². The number of halogens is 1. The Balaban J connectivity index is 1.84. The molecule has 0 aliphatic carbocycles. The van der Waals surface area contributed by atoms with Crippen molar-refractivity contribution in [3.8, 4) is 11.5 Å². The topological polar surface area (TPSA) is 29.5 Å². The van der Waals surface area contributed by atoms with Crippen LogP contribution in [0.1, 0.15) is 5.56 Å². The molecule has 0 radical (unpaired) electrons. The molecule has 0 unspecified atom stereocenters. The molecule has 0 saturated heterocycles. The third kappa shape index (κ3) is 2.67. The Morgan fingerprint density at radius 3 is 2.89 bits per heavy atom. The first-order valence-corrected chi connectivity index (χ1v) is 7.05. The fraction of sp³-hybridized carbons (Fsp3) is 0.0667. The zero-order valence-electron chi connectivity index (χ0n) is 9.97. The number of rotatable bonds is 3. The Kier molecular flexibility index (Phi) is 3.32. The minimum absolute atomic E-state index is 0.273. The lowest BCUT2D eigenvalue weighted by Gasteiger charge is -2.05. The van der Waals surface area contributed by atoms with Crippen LogP contribution in [-0.4, -0.2) is 5.11 Å². The zero-order valence-corrected chi connectivity index (χ0v) is 11.5. The molecule has 1 N–H and O–H groups in total. The van der Waals surface area contributed by atoms with Gasteiger partial charge in [-0.2, -0.15) is 0 Å². The van der Waals surface area contributed by atoms with Gasteiger partial charge in [-0.3, -0.25) is 0 Å². The minimum atomic E-state index is 0.273. The summed E-state index contributed by atoms with van der Waals surface area (Å²) in [5.41, 5.74) is 1.07. The van der Waals surface area contributed by atoms with Crippen molar-refractivity contribution in [3.05, 3.63) is 58.4 Å². The molecule has 0 amide bonds. The van der Waals surface area contributed by atoms with Gasteiger partial charge in [-0.1, -0.05) is 17.7 Å². The summed E-state index contributed by atoms with van der Waals surface area (Å²) in [6.45, 7) is 0.462. The van der Waals surface area contributed by atoms with Gasteiger partial charge < -0.3 is 9.84 Å². The van der Waals surface area contributed by atoms with Crippen LogP contribution in [0.5, 0.6) is 11.5 Å². The largest absolute Gasteiger partial charge is 0.508 e. The predicted molar refractivity (Wildman–Crippen MR) is 79.3 cm³/mol. The van der Waals surface area contributed by atoms with Crippen molar-refractivity contribution in [2.75, 3.05) is 0 Å². The molecule has 2 aromatic carbocycles. The first-order chi connectivity index (χ1) is 9.22. The molecule has 0 saturated carbocycles. The number of fused-ring (bicyclic) bond motifs is 1. The van der Waals surface area contributed by atoms with Crippen LogP contribution in [0.2, 0.25) is 5.02 Å². The molecule has 4 heteroatoms. The van der Waals surface area contributed by atoms with Crippen molar-refractivity contribution in [2.45, 2.75) is 6.61 Å². The number of hydrogen-bond donors (Lipinski definition) is 1. The van der Waals surface area contributed by atoms with Crippen LogP contribution < -0.4 is 4.74 Å². The smallest absolute Gasteiger partial charge is 0.121 e. The normalized spacial score (nSPS) is 10.8. The fourth-order valence-corrected chi connectivity index (χ4v) is 3.01. The maximum absolute atomic E-state index is 9.54. The molecule has 0 spiro atoms. The molecule has 0 aliphatic rings. The van der Waals surface area contributed by atoms with E-state index in [-0.39, 0.29) is 5.75 Å². The Morgan fingerprint density at radius 1 is 1.16 bits per heavy atom. The Bertz CT molecular complexity index is 721. The van der Waals surface area contributed by atoms with Crippen LogP contribution in [0.25, 0.3) is 10.1 Å². The highest BCUT2D eigenvalue weighted by Crippen LogP contribution is 2.30. The molecule has 96 valence electrons. The molecule has 3 rings (SSSR count). The van der Waals surface area contributed by atoms with Crippen LogP contribution in [0, 0.1) is 0 Å². The van der Waals surface area contributed by atoms with Crippen molar-refractivity contribution < 1.29 is 9.84 Å². The highest BCUT2D eigenvalue weighted by atomic mass is 35.5. The van der Waals surface area contributed by atoms with Crippen LogP contribution in [-0.2, 0) is 6.61 Å². The molecule has 0 atom stereocenters. The van der Waals surface area contributed by atoms with Crippen LogP contribution in [0.4, 0.5) is 0 Å². The summed E-state index contributed by atoms with van der Waals surface area (Å²) >= 11 is 7.55. The van der Waals surface area contributed by atoms with Crippen molar-refractivity contribution in [1.82, 2.24) is 0 Å². The van der Waals surface area contributed by atoms with Crippen molar-refractivity contribution in [1.29, 1.82) is 0 Å². The summed E-state index contributed by atoms with van der Waals surface area (Å²) in [7, 11) is 0. The third-order valence-electron chi connectivity index (χ3n) is 2.83. The highest BCUT2D eigenvalue weighted by Gasteiger charge is 2.06. The summed E-state index contributed by atoms with van der Waals surface area (Å²) in [6, 6.07) is 12.7. The number of phenols is 1. The molecular weight excluding hydrogens is 280 g/mol. The standard InChI is InChI=1S/C15H11ClO2S/c16-11-2-1-3-13(6-11)18-8-10-9-19-15-5-4-12(17)7-14(10)15/h1-7,9,17H,8H2. The summed E-state index contributed by atoms with van der Waals surface area (Å²) in [5, 5.41) is 13.3. The van der Waals surface area contributed by atoms with E-state index in [2.05, 4.69) is 5.38 Å². The Hall–Kier alpha value is -1.71. The van der Waals surface area contributed by atoms with Crippen molar-refractivity contribution in [2.24, 2.45) is 0 Å². The first kappa shape index (κ1) is 12.3. The van der Waals surface area contributed by atoms with E-state index in [4.69, 9.17) is 16.3 Å². The number of benzene rings is 2. The van der Waals surface area contributed by atoms with E-state index >= 15 is 0 Å². The molecule has 3 aromatic rings. The van der Waals surface area contributed by atoms with Gasteiger partial charge in [-0.25, -0.2) is 0 Å². The van der Waals surface area contributed by atoms with Crippen LogP contribution in [0.3, 0.4) is 0 Å². The molecule has 0 bridgehead atoms. The summed E-state index contributed by atoms with van der Waals surface area (Å²) in [4.78, 5) is 0. The lowest BCUT2D eigenvalue weighted by Crippen LogP contribution is -1.94. The average Bonchev–Trinajstić information content (AvgIpc) is 2.79. The second-order valence-corrected chi connectivity index (χ2v) is 5.54. The Morgan fingerprint density at radius 2 is 2.05 bits per heavy atom. The molecule has 19 heavy (non-hydrogen) atoms. The van der Waals surface area contributed by atoms with Gasteiger partial charge in [0.1, 0.15) is 18.1 Å². The van der Waals surface area contributed by atoms with Gasteiger partial charge in [0.15, 0.2) is 0 Å². The molecule has 1 aromatic heterocycles. The quantitative estimate of drug-likeness (QED) is 0.748. The fourth-order valence-electron chi connectivity index (χ4n) is 1.90. The number of ether oxygens (including phenoxy) is 1. The monoisotopic (exact) mass is 290 g/mol. The first-order valence-electron chi connectivity index (χ1n) is 5.80. The summed E-state index contributed by atoms with van der Waals surface area (Å²) < 4.78 is 6.86. The maximum atomic E-state index is 9.54. The van der Waals surface area contributed by atoms with E-state index < -0.39 is 0 Å². The zero-order chi connectivity index (χ0) is 13.2. The van der Waals surface area contributed by atoms with Crippen LogP contribution >= 0.6 is 22.9 Å². The predicted octanol–water partition coefficient (Wildman–Crippen LogP) is 4.84. The molecule has 2 nitrogen and oxygen atoms in total. The van der Waals surface area contributed by atoms with Crippen molar-refractivity contribution >= 4 is 33.0 Å². The summed E-state index contributed by atoms with van der Waals surface area (Å²) in [6.07, 6.45) is 0. The number of phenolic OH excluding ortho intramolecular Hbond substituents is 1. The van der Waals surface area contributed by atoms with E-state index in [0.717, 1.165) is 21.4 Å². The average molecular weight is 291 g/mol. The van der Waals surface area contributed by atoms with E-state index in [9.17, 15) is 5.11 Å². The van der Waals surface area contributed by atoms with Gasteiger partial charge in [0.05, 0.1) is 0 Å². The maximum Gasteiger partial charge on any atom is 0.121 e. The van der Waals surface area contributed by atoms with E-state index in [1.807, 2.05) is 24.3 Å².